The number of hydrogen-bond donors (Lipinski definition) is 0. The lowest BCUT2D eigenvalue weighted by Gasteiger charge is -2.39. The van der Waals surface area contributed by atoms with Crippen LogP contribution >= 0.6 is 0 Å². The standard InChI is InChI=1S/C13H22O6/c1-12(2,3)18-10(15)6-9-7-11(16-8-14)19-13(4,5)17-9/h8-9,11H,6-7H2,1-5H3/t9-,11-/m0/s1. The van der Waals surface area contributed by atoms with Crippen LogP contribution in [0.1, 0.15) is 47.5 Å². The summed E-state index contributed by atoms with van der Waals surface area (Å²) in [4.78, 5) is 22.1. The zero-order valence-electron chi connectivity index (χ0n) is 12.1. The van der Waals surface area contributed by atoms with Crippen LogP contribution in [0.15, 0.2) is 0 Å². The molecular weight excluding hydrogens is 252 g/mol. The lowest BCUT2D eigenvalue weighted by Crippen LogP contribution is -2.46. The summed E-state index contributed by atoms with van der Waals surface area (Å²) in [5.41, 5.74) is -0.531. The Morgan fingerprint density at radius 1 is 1.37 bits per heavy atom. The Morgan fingerprint density at radius 2 is 2.00 bits per heavy atom. The highest BCUT2D eigenvalue weighted by Crippen LogP contribution is 2.29. The molecule has 1 heterocycles. The second-order valence-electron chi connectivity index (χ2n) is 5.95. The van der Waals surface area contributed by atoms with Gasteiger partial charge < -0.3 is 18.9 Å². The summed E-state index contributed by atoms with van der Waals surface area (Å²) in [6.07, 6.45) is -0.693. The first-order chi connectivity index (χ1) is 8.61. The van der Waals surface area contributed by atoms with Crippen molar-refractivity contribution in [3.8, 4) is 0 Å². The van der Waals surface area contributed by atoms with Crippen LogP contribution in [0.2, 0.25) is 0 Å². The van der Waals surface area contributed by atoms with E-state index in [1.54, 1.807) is 34.6 Å². The summed E-state index contributed by atoms with van der Waals surface area (Å²) >= 11 is 0. The Bertz CT molecular complexity index is 331. The molecule has 0 bridgehead atoms. The SMILES string of the molecule is CC(C)(C)OC(=O)C[C@H]1C[C@@H](OC=O)OC(C)(C)O1. The van der Waals surface area contributed by atoms with Gasteiger partial charge in [0, 0.05) is 6.42 Å². The van der Waals surface area contributed by atoms with Gasteiger partial charge in [-0.25, -0.2) is 0 Å². The highest BCUT2D eigenvalue weighted by molar-refractivity contribution is 5.70. The van der Waals surface area contributed by atoms with Gasteiger partial charge in [-0.1, -0.05) is 0 Å². The van der Waals surface area contributed by atoms with Crippen molar-refractivity contribution in [3.63, 3.8) is 0 Å². The van der Waals surface area contributed by atoms with Crippen LogP contribution in [-0.4, -0.2) is 36.2 Å². The van der Waals surface area contributed by atoms with Crippen LogP contribution in [0.5, 0.6) is 0 Å². The van der Waals surface area contributed by atoms with E-state index in [0.29, 0.717) is 12.9 Å². The van der Waals surface area contributed by atoms with Crippen LogP contribution in [0.4, 0.5) is 0 Å². The van der Waals surface area contributed by atoms with Gasteiger partial charge in [0.15, 0.2) is 5.79 Å². The molecule has 1 aliphatic rings. The topological polar surface area (TPSA) is 71.1 Å². The van der Waals surface area contributed by atoms with Gasteiger partial charge in [0.2, 0.25) is 6.29 Å². The molecule has 0 saturated carbocycles. The zero-order valence-corrected chi connectivity index (χ0v) is 12.1. The van der Waals surface area contributed by atoms with E-state index >= 15 is 0 Å². The van der Waals surface area contributed by atoms with Gasteiger partial charge in [-0.15, -0.1) is 0 Å². The molecule has 0 aliphatic carbocycles. The molecule has 0 radical (unpaired) electrons. The van der Waals surface area contributed by atoms with E-state index in [4.69, 9.17) is 18.9 Å². The first-order valence-corrected chi connectivity index (χ1v) is 6.28. The molecule has 0 N–H and O–H groups in total. The van der Waals surface area contributed by atoms with Crippen LogP contribution in [0.25, 0.3) is 0 Å². The van der Waals surface area contributed by atoms with Crippen molar-refractivity contribution in [2.24, 2.45) is 0 Å². The molecule has 0 amide bonds. The summed E-state index contributed by atoms with van der Waals surface area (Å²) in [7, 11) is 0. The van der Waals surface area contributed by atoms with Crippen molar-refractivity contribution in [3.05, 3.63) is 0 Å². The summed E-state index contributed by atoms with van der Waals surface area (Å²) in [5, 5.41) is 0. The molecule has 1 saturated heterocycles. The van der Waals surface area contributed by atoms with E-state index in [9.17, 15) is 9.59 Å². The van der Waals surface area contributed by atoms with Crippen molar-refractivity contribution in [1.82, 2.24) is 0 Å². The number of ether oxygens (including phenoxy) is 4. The minimum atomic E-state index is -0.904. The second kappa shape index (κ2) is 5.88. The van der Waals surface area contributed by atoms with Gasteiger partial charge >= 0.3 is 5.97 Å². The maximum Gasteiger partial charge on any atom is 0.308 e. The Balaban J connectivity index is 2.57. The summed E-state index contributed by atoms with van der Waals surface area (Å²) in [6.45, 7) is 9.15. The average Bonchev–Trinajstić information content (AvgIpc) is 2.10. The molecule has 0 aromatic heterocycles. The van der Waals surface area contributed by atoms with Crippen molar-refractivity contribution in [2.45, 2.75) is 71.2 Å². The van der Waals surface area contributed by atoms with E-state index in [1.165, 1.54) is 0 Å². The summed E-state index contributed by atoms with van der Waals surface area (Å²) in [6, 6.07) is 0. The molecule has 6 nitrogen and oxygen atoms in total. The Hall–Kier alpha value is -1.14. The lowest BCUT2D eigenvalue weighted by molar-refractivity contribution is -0.340. The zero-order chi connectivity index (χ0) is 14.7. The van der Waals surface area contributed by atoms with Gasteiger partial charge in [0.1, 0.15) is 5.60 Å². The highest BCUT2D eigenvalue weighted by Gasteiger charge is 2.38. The average molecular weight is 274 g/mol. The summed E-state index contributed by atoms with van der Waals surface area (Å²) in [5.74, 6) is -1.25. The Kier molecular flexibility index (Phi) is 4.92. The maximum absolute atomic E-state index is 11.7. The van der Waals surface area contributed by atoms with Gasteiger partial charge in [-0.2, -0.15) is 0 Å². The summed E-state index contributed by atoms with van der Waals surface area (Å²) < 4.78 is 21.0. The van der Waals surface area contributed by atoms with Crippen LogP contribution < -0.4 is 0 Å². The van der Waals surface area contributed by atoms with Crippen molar-refractivity contribution < 1.29 is 28.5 Å². The third kappa shape index (κ3) is 6.02. The van der Waals surface area contributed by atoms with E-state index in [-0.39, 0.29) is 12.4 Å². The minimum Gasteiger partial charge on any atom is -0.460 e. The first-order valence-electron chi connectivity index (χ1n) is 6.28. The molecule has 1 fully saturated rings. The molecule has 0 aromatic carbocycles. The van der Waals surface area contributed by atoms with Crippen LogP contribution in [0.3, 0.4) is 0 Å². The predicted octanol–water partition coefficient (Wildman–Crippen LogP) is 1.76. The fraction of sp³-hybridized carbons (Fsp3) is 0.846. The van der Waals surface area contributed by atoms with Gasteiger partial charge in [0.25, 0.3) is 6.47 Å². The minimum absolute atomic E-state index is 0.1000. The third-order valence-electron chi connectivity index (χ3n) is 2.34. The molecule has 1 rings (SSSR count). The number of carbonyl (C=O) groups excluding carboxylic acids is 2. The molecule has 0 unspecified atom stereocenters. The molecule has 6 heteroatoms. The van der Waals surface area contributed by atoms with E-state index in [1.807, 2.05) is 0 Å². The monoisotopic (exact) mass is 274 g/mol. The number of hydrogen-bond acceptors (Lipinski definition) is 6. The molecule has 1 aliphatic heterocycles. The molecule has 2 atom stereocenters. The fourth-order valence-corrected chi connectivity index (χ4v) is 1.90. The second-order valence-corrected chi connectivity index (χ2v) is 5.95. The first kappa shape index (κ1) is 15.9. The molecule has 0 aromatic rings. The van der Waals surface area contributed by atoms with Gasteiger partial charge in [0.05, 0.1) is 12.5 Å². The largest absolute Gasteiger partial charge is 0.460 e. The molecule has 0 spiro atoms. The van der Waals surface area contributed by atoms with Gasteiger partial charge in [-0.3, -0.25) is 9.59 Å². The van der Waals surface area contributed by atoms with Crippen molar-refractivity contribution in [2.75, 3.05) is 0 Å². The van der Waals surface area contributed by atoms with Crippen LogP contribution in [-0.2, 0) is 28.5 Å². The number of esters is 1. The molecule has 19 heavy (non-hydrogen) atoms. The third-order valence-corrected chi connectivity index (χ3v) is 2.34. The number of carbonyl (C=O) groups is 2. The lowest BCUT2D eigenvalue weighted by atomic mass is 10.1. The van der Waals surface area contributed by atoms with Crippen LogP contribution in [0, 0.1) is 0 Å². The maximum atomic E-state index is 11.7. The molecular formula is C13H22O6. The van der Waals surface area contributed by atoms with Gasteiger partial charge in [-0.05, 0) is 34.6 Å². The Labute approximate surface area is 113 Å². The van der Waals surface area contributed by atoms with Crippen molar-refractivity contribution in [1.29, 1.82) is 0 Å². The smallest absolute Gasteiger partial charge is 0.308 e. The quantitative estimate of drug-likeness (QED) is 0.574. The van der Waals surface area contributed by atoms with E-state index in [2.05, 4.69) is 0 Å². The van der Waals surface area contributed by atoms with E-state index < -0.39 is 23.8 Å². The molecule has 110 valence electrons. The Morgan fingerprint density at radius 3 is 2.53 bits per heavy atom. The van der Waals surface area contributed by atoms with Crippen molar-refractivity contribution >= 4 is 12.4 Å². The van der Waals surface area contributed by atoms with E-state index in [0.717, 1.165) is 0 Å². The normalized spacial score (nSPS) is 26.6. The predicted molar refractivity (Wildman–Crippen MR) is 66.1 cm³/mol. The highest BCUT2D eigenvalue weighted by atomic mass is 16.8. The fourth-order valence-electron chi connectivity index (χ4n) is 1.90. The number of rotatable bonds is 4.